The molecular weight excluding hydrogens is 350 g/mol. The van der Waals surface area contributed by atoms with E-state index in [1.807, 2.05) is 25.2 Å². The van der Waals surface area contributed by atoms with Crippen molar-refractivity contribution in [3.05, 3.63) is 60.2 Å². The van der Waals surface area contributed by atoms with Crippen molar-refractivity contribution in [2.24, 2.45) is 0 Å². The van der Waals surface area contributed by atoms with Crippen LogP contribution in [0.5, 0.6) is 0 Å². The Morgan fingerprint density at radius 2 is 1.77 bits per heavy atom. The van der Waals surface area contributed by atoms with Gasteiger partial charge in [0.05, 0.1) is 6.26 Å². The zero-order valence-electron chi connectivity index (χ0n) is 15.1. The number of para-hydroxylation sites is 1. The summed E-state index contributed by atoms with van der Waals surface area (Å²) >= 11 is 0. The van der Waals surface area contributed by atoms with E-state index in [2.05, 4.69) is 27.1 Å². The summed E-state index contributed by atoms with van der Waals surface area (Å²) in [6.45, 7) is 1.48. The van der Waals surface area contributed by atoms with Crippen LogP contribution in [0.4, 0.5) is 11.4 Å². The van der Waals surface area contributed by atoms with Crippen molar-refractivity contribution in [1.82, 2.24) is 5.32 Å². The van der Waals surface area contributed by atoms with Crippen LogP contribution in [-0.2, 0) is 10.0 Å². The van der Waals surface area contributed by atoms with Gasteiger partial charge in [0.1, 0.15) is 0 Å². The average molecular weight is 375 g/mol. The Bertz CT molecular complexity index is 823. The number of rotatable bonds is 9. The third-order valence-electron chi connectivity index (χ3n) is 3.83. The topological polar surface area (TPSA) is 78.5 Å². The molecule has 0 atom stereocenters. The van der Waals surface area contributed by atoms with Crippen molar-refractivity contribution in [3.63, 3.8) is 0 Å². The van der Waals surface area contributed by atoms with Gasteiger partial charge in [-0.1, -0.05) is 24.3 Å². The lowest BCUT2D eigenvalue weighted by molar-refractivity contribution is 0.0953. The number of carbonyl (C=O) groups excluding carboxylic acids is 1. The molecule has 0 aromatic heterocycles. The standard InChI is InChI=1S/C19H25N3O3S/c1-22(18-11-4-3-5-12-18)14-7-6-13-20-19(23)16-9-8-10-17(15-16)21-26(2,24)25/h3-5,8-12,15,21H,6-7,13-14H2,1-2H3,(H,20,23). The quantitative estimate of drug-likeness (QED) is 0.661. The smallest absolute Gasteiger partial charge is 0.251 e. The molecule has 0 aliphatic carbocycles. The molecule has 0 radical (unpaired) electrons. The summed E-state index contributed by atoms with van der Waals surface area (Å²) in [5, 5.41) is 2.87. The molecule has 6 nitrogen and oxygen atoms in total. The molecule has 2 N–H and O–H groups in total. The number of nitrogens with one attached hydrogen (secondary N) is 2. The van der Waals surface area contributed by atoms with Gasteiger partial charge in [0.15, 0.2) is 0 Å². The molecule has 2 aromatic carbocycles. The van der Waals surface area contributed by atoms with Gasteiger partial charge in [0.25, 0.3) is 5.91 Å². The lowest BCUT2D eigenvalue weighted by Crippen LogP contribution is -2.26. The van der Waals surface area contributed by atoms with Crippen LogP contribution in [0.25, 0.3) is 0 Å². The summed E-state index contributed by atoms with van der Waals surface area (Å²) in [7, 11) is -1.31. The predicted molar refractivity (Wildman–Crippen MR) is 106 cm³/mol. The molecule has 1 amide bonds. The van der Waals surface area contributed by atoms with Crippen molar-refractivity contribution in [1.29, 1.82) is 0 Å². The van der Waals surface area contributed by atoms with Crippen LogP contribution in [0.15, 0.2) is 54.6 Å². The van der Waals surface area contributed by atoms with Crippen LogP contribution in [-0.4, -0.2) is 40.7 Å². The lowest BCUT2D eigenvalue weighted by Gasteiger charge is -2.19. The molecule has 7 heteroatoms. The Balaban J connectivity index is 1.74. The normalized spacial score (nSPS) is 11.0. The van der Waals surface area contributed by atoms with Gasteiger partial charge in [0, 0.05) is 37.1 Å². The van der Waals surface area contributed by atoms with Crippen molar-refractivity contribution < 1.29 is 13.2 Å². The summed E-state index contributed by atoms with van der Waals surface area (Å²) in [5.41, 5.74) is 1.98. The first-order chi connectivity index (χ1) is 12.3. The zero-order chi connectivity index (χ0) is 19.0. The van der Waals surface area contributed by atoms with Gasteiger partial charge in [0.2, 0.25) is 10.0 Å². The number of amides is 1. The molecule has 26 heavy (non-hydrogen) atoms. The Kier molecular flexibility index (Phi) is 7.03. The van der Waals surface area contributed by atoms with Crippen LogP contribution >= 0.6 is 0 Å². The molecule has 0 aliphatic rings. The Morgan fingerprint density at radius 1 is 1.04 bits per heavy atom. The molecule has 0 spiro atoms. The molecular formula is C19H25N3O3S. The van der Waals surface area contributed by atoms with E-state index in [-0.39, 0.29) is 5.91 Å². The maximum atomic E-state index is 12.2. The number of nitrogens with zero attached hydrogens (tertiary/aromatic N) is 1. The van der Waals surface area contributed by atoms with Gasteiger partial charge in [-0.2, -0.15) is 0 Å². The van der Waals surface area contributed by atoms with Gasteiger partial charge in [-0.25, -0.2) is 8.42 Å². The highest BCUT2D eigenvalue weighted by Crippen LogP contribution is 2.13. The SMILES string of the molecule is CN(CCCCNC(=O)c1cccc(NS(C)(=O)=O)c1)c1ccccc1. The molecule has 0 heterocycles. The molecule has 0 unspecified atom stereocenters. The minimum atomic E-state index is -3.36. The van der Waals surface area contributed by atoms with E-state index >= 15 is 0 Å². The third-order valence-corrected chi connectivity index (χ3v) is 4.44. The molecule has 2 rings (SSSR count). The van der Waals surface area contributed by atoms with Crippen LogP contribution in [0.3, 0.4) is 0 Å². The fourth-order valence-electron chi connectivity index (χ4n) is 2.53. The van der Waals surface area contributed by atoms with E-state index in [1.165, 1.54) is 11.8 Å². The first kappa shape index (κ1) is 19.8. The minimum absolute atomic E-state index is 0.210. The van der Waals surface area contributed by atoms with E-state index in [1.54, 1.807) is 18.2 Å². The fraction of sp³-hybridized carbons (Fsp3) is 0.316. The summed E-state index contributed by atoms with van der Waals surface area (Å²) in [6.07, 6.45) is 2.90. The van der Waals surface area contributed by atoms with Crippen LogP contribution in [0.1, 0.15) is 23.2 Å². The van der Waals surface area contributed by atoms with Gasteiger partial charge >= 0.3 is 0 Å². The first-order valence-electron chi connectivity index (χ1n) is 8.47. The molecule has 0 bridgehead atoms. The first-order valence-corrected chi connectivity index (χ1v) is 10.4. The second-order valence-electron chi connectivity index (χ2n) is 6.18. The maximum Gasteiger partial charge on any atom is 0.251 e. The number of sulfonamides is 1. The summed E-state index contributed by atoms with van der Waals surface area (Å²) in [4.78, 5) is 14.4. The molecule has 0 aliphatic heterocycles. The molecule has 0 saturated carbocycles. The van der Waals surface area contributed by atoms with Crippen LogP contribution in [0.2, 0.25) is 0 Å². The molecule has 0 fully saturated rings. The number of hydrogen-bond donors (Lipinski definition) is 2. The highest BCUT2D eigenvalue weighted by Gasteiger charge is 2.08. The highest BCUT2D eigenvalue weighted by atomic mass is 32.2. The van der Waals surface area contributed by atoms with E-state index in [0.717, 1.165) is 25.6 Å². The maximum absolute atomic E-state index is 12.2. The fourth-order valence-corrected chi connectivity index (χ4v) is 3.08. The summed E-state index contributed by atoms with van der Waals surface area (Å²) < 4.78 is 24.9. The Hall–Kier alpha value is -2.54. The monoisotopic (exact) mass is 375 g/mol. The largest absolute Gasteiger partial charge is 0.375 e. The van der Waals surface area contributed by atoms with Crippen molar-refractivity contribution in [2.45, 2.75) is 12.8 Å². The molecule has 2 aromatic rings. The van der Waals surface area contributed by atoms with Gasteiger partial charge in [-0.05, 0) is 43.2 Å². The summed E-state index contributed by atoms with van der Waals surface area (Å²) in [5.74, 6) is -0.210. The third kappa shape index (κ3) is 6.76. The molecule has 0 saturated heterocycles. The van der Waals surface area contributed by atoms with Gasteiger partial charge in [-0.15, -0.1) is 0 Å². The Morgan fingerprint density at radius 3 is 2.46 bits per heavy atom. The second kappa shape index (κ2) is 9.24. The van der Waals surface area contributed by atoms with Crippen molar-refractivity contribution >= 4 is 27.3 Å². The van der Waals surface area contributed by atoms with Crippen LogP contribution < -0.4 is 14.9 Å². The number of benzene rings is 2. The number of hydrogen-bond acceptors (Lipinski definition) is 4. The lowest BCUT2D eigenvalue weighted by atomic mass is 10.2. The van der Waals surface area contributed by atoms with Gasteiger partial charge < -0.3 is 10.2 Å². The Labute approximate surface area is 155 Å². The van der Waals surface area contributed by atoms with Crippen LogP contribution in [0, 0.1) is 0 Å². The molecule has 140 valence electrons. The van der Waals surface area contributed by atoms with E-state index < -0.39 is 10.0 Å². The van der Waals surface area contributed by atoms with Crippen molar-refractivity contribution in [2.75, 3.05) is 36.0 Å². The highest BCUT2D eigenvalue weighted by molar-refractivity contribution is 7.92. The van der Waals surface area contributed by atoms with Crippen molar-refractivity contribution in [3.8, 4) is 0 Å². The number of unbranched alkanes of at least 4 members (excludes halogenated alkanes) is 1. The zero-order valence-corrected chi connectivity index (χ0v) is 15.9. The van der Waals surface area contributed by atoms with E-state index in [4.69, 9.17) is 0 Å². The number of anilines is 2. The van der Waals surface area contributed by atoms with Gasteiger partial charge in [-0.3, -0.25) is 9.52 Å². The minimum Gasteiger partial charge on any atom is -0.375 e. The number of carbonyl (C=O) groups is 1. The average Bonchev–Trinajstić information content (AvgIpc) is 2.60. The summed E-state index contributed by atoms with van der Waals surface area (Å²) in [6, 6.07) is 16.6. The van der Waals surface area contributed by atoms with E-state index in [0.29, 0.717) is 17.8 Å². The van der Waals surface area contributed by atoms with E-state index in [9.17, 15) is 13.2 Å². The second-order valence-corrected chi connectivity index (χ2v) is 7.92. The predicted octanol–water partition coefficient (Wildman–Crippen LogP) is 2.70.